The first-order chi connectivity index (χ1) is 15.0. The van der Waals surface area contributed by atoms with Gasteiger partial charge in [-0.3, -0.25) is 14.0 Å². The third kappa shape index (κ3) is 3.81. The predicted octanol–water partition coefficient (Wildman–Crippen LogP) is 3.01. The Morgan fingerprint density at radius 3 is 2.77 bits per heavy atom. The van der Waals surface area contributed by atoms with Gasteiger partial charge in [0.2, 0.25) is 5.91 Å². The molecule has 1 amide bonds. The van der Waals surface area contributed by atoms with Crippen molar-refractivity contribution in [3.8, 4) is 0 Å². The van der Waals surface area contributed by atoms with Gasteiger partial charge in [0.25, 0.3) is 5.56 Å². The summed E-state index contributed by atoms with van der Waals surface area (Å²) in [5.74, 6) is -0.0474. The second kappa shape index (κ2) is 8.47. The Morgan fingerprint density at radius 1 is 1.19 bits per heavy atom. The zero-order valence-electron chi connectivity index (χ0n) is 17.3. The molecule has 4 aromatic rings. The summed E-state index contributed by atoms with van der Waals surface area (Å²) in [7, 11) is 1.29. The molecule has 0 fully saturated rings. The number of esters is 1. The van der Waals surface area contributed by atoms with Crippen LogP contribution in [0.5, 0.6) is 0 Å². The van der Waals surface area contributed by atoms with E-state index in [2.05, 4.69) is 10.4 Å². The van der Waals surface area contributed by atoms with E-state index in [0.29, 0.717) is 36.2 Å². The largest absolute Gasteiger partial charge is 0.465 e. The highest BCUT2D eigenvalue weighted by molar-refractivity contribution is 6.01. The minimum Gasteiger partial charge on any atom is -0.465 e. The first-order valence-electron chi connectivity index (χ1n) is 9.99. The molecule has 0 aliphatic heterocycles. The van der Waals surface area contributed by atoms with Crippen LogP contribution in [0.3, 0.4) is 0 Å². The number of aryl methyl sites for hydroxylation is 2. The number of hydrogen-bond acceptors (Lipinski definition) is 6. The van der Waals surface area contributed by atoms with Gasteiger partial charge in [-0.2, -0.15) is 5.10 Å². The fourth-order valence-electron chi connectivity index (χ4n) is 3.59. The third-order valence-corrected chi connectivity index (χ3v) is 5.07. The number of rotatable bonds is 7. The van der Waals surface area contributed by atoms with E-state index in [1.807, 2.05) is 17.4 Å². The van der Waals surface area contributed by atoms with Crippen LogP contribution in [0.1, 0.15) is 35.9 Å². The zero-order chi connectivity index (χ0) is 22.0. The molecule has 3 aromatic heterocycles. The molecule has 0 bridgehead atoms. The molecule has 0 aliphatic carbocycles. The van der Waals surface area contributed by atoms with Crippen molar-refractivity contribution in [3.63, 3.8) is 0 Å². The molecule has 1 aromatic carbocycles. The van der Waals surface area contributed by atoms with Crippen molar-refractivity contribution in [2.45, 2.75) is 32.7 Å². The van der Waals surface area contributed by atoms with Gasteiger partial charge in [0.1, 0.15) is 11.3 Å². The Kier molecular flexibility index (Phi) is 5.57. The van der Waals surface area contributed by atoms with E-state index in [-0.39, 0.29) is 23.5 Å². The standard InChI is InChI=1S/C22H22N4O5/c1-3-19-24-25(21(28)17-13-18-16(26(17)19)10-12-31-18)11-6-9-20(27)23-15-8-5-4-7-14(15)22(29)30-2/h4-5,7-8,10,12-13H,3,6,9,11H2,1-2H3,(H,23,27). The Morgan fingerprint density at radius 2 is 2.00 bits per heavy atom. The molecule has 9 nitrogen and oxygen atoms in total. The number of nitrogens with one attached hydrogen (secondary N) is 1. The minimum absolute atomic E-state index is 0.166. The van der Waals surface area contributed by atoms with Crippen molar-refractivity contribution in [2.24, 2.45) is 0 Å². The molecule has 31 heavy (non-hydrogen) atoms. The molecular weight excluding hydrogens is 400 g/mol. The van der Waals surface area contributed by atoms with Crippen LogP contribution in [-0.2, 0) is 22.5 Å². The van der Waals surface area contributed by atoms with Crippen molar-refractivity contribution in [2.75, 3.05) is 12.4 Å². The SMILES string of the molecule is CCc1nn(CCCC(=O)Nc2ccccc2C(=O)OC)c(=O)c2cc3occc3n12. The molecule has 0 atom stereocenters. The number of aromatic nitrogens is 3. The topological polar surface area (TPSA) is 108 Å². The average molecular weight is 422 g/mol. The second-order valence-corrected chi connectivity index (χ2v) is 7.02. The summed E-state index contributed by atoms with van der Waals surface area (Å²) in [5, 5.41) is 7.21. The fourth-order valence-corrected chi connectivity index (χ4v) is 3.59. The fraction of sp³-hybridized carbons (Fsp3) is 0.273. The van der Waals surface area contributed by atoms with Gasteiger partial charge in [-0.1, -0.05) is 19.1 Å². The van der Waals surface area contributed by atoms with E-state index in [4.69, 9.17) is 9.15 Å². The molecule has 0 unspecified atom stereocenters. The lowest BCUT2D eigenvalue weighted by atomic mass is 10.1. The van der Waals surface area contributed by atoms with Crippen LogP contribution in [0.4, 0.5) is 5.69 Å². The Balaban J connectivity index is 1.48. The number of nitrogens with zero attached hydrogens (tertiary/aromatic N) is 3. The highest BCUT2D eigenvalue weighted by Crippen LogP contribution is 2.20. The summed E-state index contributed by atoms with van der Waals surface area (Å²) >= 11 is 0. The van der Waals surface area contributed by atoms with Gasteiger partial charge in [-0.15, -0.1) is 0 Å². The van der Waals surface area contributed by atoms with E-state index < -0.39 is 5.97 Å². The zero-order valence-corrected chi connectivity index (χ0v) is 17.3. The van der Waals surface area contributed by atoms with Gasteiger partial charge in [-0.05, 0) is 18.6 Å². The summed E-state index contributed by atoms with van der Waals surface area (Å²) < 4.78 is 13.4. The van der Waals surface area contributed by atoms with E-state index in [0.717, 1.165) is 11.3 Å². The Bertz CT molecular complexity index is 1330. The highest BCUT2D eigenvalue weighted by Gasteiger charge is 2.16. The molecule has 160 valence electrons. The van der Waals surface area contributed by atoms with Crippen molar-refractivity contribution < 1.29 is 18.7 Å². The molecule has 0 radical (unpaired) electrons. The highest BCUT2D eigenvalue weighted by atomic mass is 16.5. The number of fused-ring (bicyclic) bond motifs is 3. The lowest BCUT2D eigenvalue weighted by Crippen LogP contribution is -2.27. The number of methoxy groups -OCH3 is 1. The van der Waals surface area contributed by atoms with E-state index in [1.165, 1.54) is 11.8 Å². The maximum Gasteiger partial charge on any atom is 0.339 e. The molecule has 1 N–H and O–H groups in total. The number of furan rings is 1. The summed E-state index contributed by atoms with van der Waals surface area (Å²) in [4.78, 5) is 37.1. The van der Waals surface area contributed by atoms with E-state index in [9.17, 15) is 14.4 Å². The first-order valence-corrected chi connectivity index (χ1v) is 9.99. The van der Waals surface area contributed by atoms with E-state index >= 15 is 0 Å². The number of anilines is 1. The number of hydrogen-bond donors (Lipinski definition) is 1. The van der Waals surface area contributed by atoms with Crippen LogP contribution in [0.15, 0.2) is 51.9 Å². The van der Waals surface area contributed by atoms with Crippen LogP contribution in [0.25, 0.3) is 16.6 Å². The lowest BCUT2D eigenvalue weighted by Gasteiger charge is -2.11. The Labute approximate surface area is 177 Å². The molecule has 9 heteroatoms. The third-order valence-electron chi connectivity index (χ3n) is 5.07. The number of ether oxygens (including phenoxy) is 1. The number of carbonyl (C=O) groups excluding carboxylic acids is 2. The van der Waals surface area contributed by atoms with Gasteiger partial charge in [-0.25, -0.2) is 9.48 Å². The minimum atomic E-state index is -0.523. The average Bonchev–Trinajstić information content (AvgIpc) is 3.37. The lowest BCUT2D eigenvalue weighted by molar-refractivity contribution is -0.116. The van der Waals surface area contributed by atoms with Crippen LogP contribution < -0.4 is 10.9 Å². The maximum atomic E-state index is 12.9. The van der Waals surface area contributed by atoms with Gasteiger partial charge in [0.15, 0.2) is 5.58 Å². The number of carbonyl (C=O) groups is 2. The Hall–Kier alpha value is -3.88. The van der Waals surface area contributed by atoms with Crippen LogP contribution in [0.2, 0.25) is 0 Å². The molecule has 0 spiro atoms. The summed E-state index contributed by atoms with van der Waals surface area (Å²) in [5.41, 5.74) is 2.38. The second-order valence-electron chi connectivity index (χ2n) is 7.02. The summed E-state index contributed by atoms with van der Waals surface area (Å²) in [6.45, 7) is 2.26. The van der Waals surface area contributed by atoms with Crippen molar-refractivity contribution in [1.82, 2.24) is 14.2 Å². The number of amides is 1. The molecule has 0 saturated carbocycles. The normalized spacial score (nSPS) is 11.2. The van der Waals surface area contributed by atoms with Crippen LogP contribution in [0, 0.1) is 0 Å². The number of benzene rings is 1. The molecule has 0 saturated heterocycles. The quantitative estimate of drug-likeness (QED) is 0.459. The van der Waals surface area contributed by atoms with E-state index in [1.54, 1.807) is 36.6 Å². The van der Waals surface area contributed by atoms with Gasteiger partial charge >= 0.3 is 5.97 Å². The maximum absolute atomic E-state index is 12.9. The smallest absolute Gasteiger partial charge is 0.339 e. The number of para-hydroxylation sites is 1. The van der Waals surface area contributed by atoms with Gasteiger partial charge in [0, 0.05) is 31.5 Å². The van der Waals surface area contributed by atoms with Crippen LogP contribution >= 0.6 is 0 Å². The van der Waals surface area contributed by atoms with Crippen molar-refractivity contribution in [1.29, 1.82) is 0 Å². The van der Waals surface area contributed by atoms with Crippen LogP contribution in [-0.4, -0.2) is 33.2 Å². The van der Waals surface area contributed by atoms with Gasteiger partial charge < -0.3 is 14.5 Å². The summed E-state index contributed by atoms with van der Waals surface area (Å²) in [6, 6.07) is 10.2. The monoisotopic (exact) mass is 422 g/mol. The predicted molar refractivity (Wildman–Crippen MR) is 114 cm³/mol. The van der Waals surface area contributed by atoms with Crippen molar-refractivity contribution in [3.05, 3.63) is 64.4 Å². The molecule has 0 aliphatic rings. The first kappa shape index (κ1) is 20.4. The molecule has 3 heterocycles. The van der Waals surface area contributed by atoms with Gasteiger partial charge in [0.05, 0.1) is 30.1 Å². The molecular formula is C22H22N4O5. The summed E-state index contributed by atoms with van der Waals surface area (Å²) in [6.07, 6.45) is 2.80. The molecule has 4 rings (SSSR count). The van der Waals surface area contributed by atoms with Crippen molar-refractivity contribution >= 4 is 34.2 Å².